The second-order valence-electron chi connectivity index (χ2n) is 11.2. The van der Waals surface area contributed by atoms with Crippen molar-refractivity contribution in [1.29, 1.82) is 5.26 Å². The van der Waals surface area contributed by atoms with Gasteiger partial charge in [-0.2, -0.15) is 5.26 Å². The van der Waals surface area contributed by atoms with E-state index in [2.05, 4.69) is 29.0 Å². The molecule has 1 aliphatic rings. The fourth-order valence-corrected chi connectivity index (χ4v) is 5.41. The number of phenols is 1. The van der Waals surface area contributed by atoms with Gasteiger partial charge in [0, 0.05) is 60.9 Å². The Balaban J connectivity index is 1.60. The fourth-order valence-electron chi connectivity index (χ4n) is 5.41. The number of nitrogens with one attached hydrogen (secondary N) is 1. The van der Waals surface area contributed by atoms with E-state index in [1.165, 1.54) is 18.2 Å². The molecule has 0 unspecified atom stereocenters. The van der Waals surface area contributed by atoms with Crippen LogP contribution in [0.2, 0.25) is 0 Å². The molecule has 0 atom stereocenters. The monoisotopic (exact) mass is 542 g/mol. The number of rotatable bonds is 8. The van der Waals surface area contributed by atoms with Crippen LogP contribution in [0.5, 0.6) is 5.75 Å². The summed E-state index contributed by atoms with van der Waals surface area (Å²) in [6.45, 7) is 9.05. The molecule has 206 valence electrons. The van der Waals surface area contributed by atoms with E-state index in [-0.39, 0.29) is 28.2 Å². The topological polar surface area (TPSA) is 81.4 Å². The van der Waals surface area contributed by atoms with E-state index in [0.29, 0.717) is 18.1 Å². The van der Waals surface area contributed by atoms with Gasteiger partial charge in [0.15, 0.2) is 0 Å². The Morgan fingerprint density at radius 2 is 1.82 bits per heavy atom. The quantitative estimate of drug-likeness (QED) is 0.277. The van der Waals surface area contributed by atoms with Crippen molar-refractivity contribution in [1.82, 2.24) is 10.3 Å². The van der Waals surface area contributed by atoms with Crippen LogP contribution in [0.4, 0.5) is 14.5 Å². The maximum absolute atomic E-state index is 14.5. The van der Waals surface area contributed by atoms with Gasteiger partial charge < -0.3 is 20.1 Å². The molecular weight excluding hydrogens is 510 g/mol. The number of methoxy groups -OCH3 is 1. The van der Waals surface area contributed by atoms with Crippen molar-refractivity contribution >= 4 is 16.6 Å². The number of hydrogen-bond donors (Lipinski definition) is 2. The molecule has 0 spiro atoms. The first-order valence-corrected chi connectivity index (χ1v) is 13.2. The highest BCUT2D eigenvalue weighted by atomic mass is 19.1. The second-order valence-corrected chi connectivity index (χ2v) is 11.2. The molecular formula is C32H32F2N4O2. The van der Waals surface area contributed by atoms with Crippen LogP contribution in [-0.4, -0.2) is 49.0 Å². The largest absolute Gasteiger partial charge is 0.506 e. The van der Waals surface area contributed by atoms with Gasteiger partial charge >= 0.3 is 0 Å². The van der Waals surface area contributed by atoms with E-state index in [0.717, 1.165) is 59.0 Å². The summed E-state index contributed by atoms with van der Waals surface area (Å²) < 4.78 is 34.2. The van der Waals surface area contributed by atoms with Crippen molar-refractivity contribution in [3.63, 3.8) is 0 Å². The summed E-state index contributed by atoms with van der Waals surface area (Å²) in [6.07, 6.45) is 1.77. The summed E-state index contributed by atoms with van der Waals surface area (Å²) in [5, 5.41) is 24.4. The van der Waals surface area contributed by atoms with Crippen LogP contribution in [0.15, 0.2) is 54.7 Å². The summed E-state index contributed by atoms with van der Waals surface area (Å²) in [7, 11) is 1.69. The van der Waals surface area contributed by atoms with E-state index < -0.39 is 5.82 Å². The van der Waals surface area contributed by atoms with E-state index in [9.17, 15) is 19.1 Å². The molecule has 5 rings (SSSR count). The number of benzene rings is 3. The van der Waals surface area contributed by atoms with Gasteiger partial charge in [0.2, 0.25) is 0 Å². The number of phenolic OH excluding ortho intramolecular Hbond substituents is 1. The number of fused-ring (bicyclic) bond motifs is 1. The molecule has 1 aliphatic heterocycles. The number of aromatic hydroxyl groups is 1. The number of halogens is 2. The number of hydrogen-bond acceptors (Lipinski definition) is 6. The van der Waals surface area contributed by atoms with Crippen molar-refractivity contribution < 1.29 is 18.6 Å². The highest BCUT2D eigenvalue weighted by molar-refractivity contribution is 6.02. The third kappa shape index (κ3) is 5.48. The van der Waals surface area contributed by atoms with E-state index in [1.807, 2.05) is 31.2 Å². The predicted octanol–water partition coefficient (Wildman–Crippen LogP) is 6.18. The van der Waals surface area contributed by atoms with Crippen LogP contribution < -0.4 is 10.2 Å². The molecule has 1 fully saturated rings. The molecule has 0 radical (unpaired) electrons. The van der Waals surface area contributed by atoms with Gasteiger partial charge in [-0.3, -0.25) is 4.98 Å². The Labute approximate surface area is 232 Å². The zero-order chi connectivity index (χ0) is 28.6. The molecule has 8 heteroatoms. The molecule has 0 bridgehead atoms. The third-order valence-corrected chi connectivity index (χ3v) is 7.35. The van der Waals surface area contributed by atoms with Crippen LogP contribution in [0.25, 0.3) is 33.2 Å². The molecule has 2 N–H and O–H groups in total. The van der Waals surface area contributed by atoms with E-state index in [1.54, 1.807) is 19.4 Å². The molecule has 1 saturated heterocycles. The van der Waals surface area contributed by atoms with E-state index >= 15 is 0 Å². The van der Waals surface area contributed by atoms with Gasteiger partial charge in [-0.1, -0.05) is 12.1 Å². The number of pyridine rings is 1. The maximum atomic E-state index is 14.5. The first-order valence-electron chi connectivity index (χ1n) is 13.2. The highest BCUT2D eigenvalue weighted by Gasteiger charge is 2.32. The van der Waals surface area contributed by atoms with Crippen molar-refractivity contribution in [3.8, 4) is 34.1 Å². The van der Waals surface area contributed by atoms with Crippen molar-refractivity contribution in [2.75, 3.05) is 38.3 Å². The lowest BCUT2D eigenvalue weighted by atomic mass is 9.92. The predicted molar refractivity (Wildman–Crippen MR) is 153 cm³/mol. The SMILES string of the molecule is COCC(C)(C)NCC1CN(c2c(-c3cc(C)cc(F)c3)cnc3ccc(-c4cc(F)cc(C#N)c4O)cc23)C1. The summed E-state index contributed by atoms with van der Waals surface area (Å²) in [5.74, 6) is -0.811. The van der Waals surface area contributed by atoms with Crippen molar-refractivity contribution in [3.05, 3.63) is 77.5 Å². The average Bonchev–Trinajstić information content (AvgIpc) is 2.87. The first kappa shape index (κ1) is 27.5. The Kier molecular flexibility index (Phi) is 7.45. The summed E-state index contributed by atoms with van der Waals surface area (Å²) in [6, 6.07) is 14.4. The van der Waals surface area contributed by atoms with Gasteiger partial charge in [-0.05, 0) is 73.9 Å². The molecule has 2 heterocycles. The molecule has 3 aromatic carbocycles. The molecule has 40 heavy (non-hydrogen) atoms. The number of anilines is 1. The minimum atomic E-state index is -0.610. The maximum Gasteiger partial charge on any atom is 0.141 e. The van der Waals surface area contributed by atoms with E-state index in [4.69, 9.17) is 4.74 Å². The lowest BCUT2D eigenvalue weighted by Gasteiger charge is -2.44. The number of nitriles is 1. The number of ether oxygens (including phenoxy) is 1. The average molecular weight is 543 g/mol. The fraction of sp³-hybridized carbons (Fsp3) is 0.312. The van der Waals surface area contributed by atoms with Gasteiger partial charge in [-0.15, -0.1) is 0 Å². The van der Waals surface area contributed by atoms with Crippen LogP contribution >= 0.6 is 0 Å². The lowest BCUT2D eigenvalue weighted by molar-refractivity contribution is 0.124. The second kappa shape index (κ2) is 10.8. The standard InChI is InChI=1S/C32H32F2N4O2/c1-19-7-22(9-24(33)8-19)28-15-36-29-6-5-21(26-12-25(34)10-23(13-35)31(26)39)11-27(29)30(28)38-16-20(17-38)14-37-32(2,3)18-40-4/h5-12,15,20,37,39H,14,16-18H2,1-4H3. The highest BCUT2D eigenvalue weighted by Crippen LogP contribution is 2.42. The molecule has 0 aliphatic carbocycles. The molecule has 4 aromatic rings. The summed E-state index contributed by atoms with van der Waals surface area (Å²) in [4.78, 5) is 6.93. The van der Waals surface area contributed by atoms with Crippen LogP contribution in [-0.2, 0) is 4.74 Å². The zero-order valence-electron chi connectivity index (χ0n) is 23.1. The lowest BCUT2D eigenvalue weighted by Crippen LogP contribution is -2.55. The van der Waals surface area contributed by atoms with Gasteiger partial charge in [-0.25, -0.2) is 8.78 Å². The minimum absolute atomic E-state index is 0.132. The first-order chi connectivity index (χ1) is 19.1. The van der Waals surface area contributed by atoms with Gasteiger partial charge in [0.25, 0.3) is 0 Å². The van der Waals surface area contributed by atoms with Gasteiger partial charge in [0.1, 0.15) is 23.5 Å². The summed E-state index contributed by atoms with van der Waals surface area (Å²) >= 11 is 0. The Morgan fingerprint density at radius 1 is 1.07 bits per heavy atom. The Bertz CT molecular complexity index is 1600. The Morgan fingerprint density at radius 3 is 2.52 bits per heavy atom. The summed E-state index contributed by atoms with van der Waals surface area (Å²) in [5.41, 5.74) is 4.43. The number of nitrogens with zero attached hydrogens (tertiary/aromatic N) is 3. The van der Waals surface area contributed by atoms with Crippen molar-refractivity contribution in [2.45, 2.75) is 26.3 Å². The van der Waals surface area contributed by atoms with Crippen molar-refractivity contribution in [2.24, 2.45) is 5.92 Å². The normalized spacial score (nSPS) is 13.9. The smallest absolute Gasteiger partial charge is 0.141 e. The van der Waals surface area contributed by atoms with Crippen LogP contribution in [0.1, 0.15) is 25.0 Å². The molecule has 0 amide bonds. The third-order valence-electron chi connectivity index (χ3n) is 7.35. The molecule has 0 saturated carbocycles. The van der Waals surface area contributed by atoms with Crippen LogP contribution in [0, 0.1) is 35.8 Å². The number of aromatic nitrogens is 1. The minimum Gasteiger partial charge on any atom is -0.506 e. The van der Waals surface area contributed by atoms with Gasteiger partial charge in [0.05, 0.1) is 23.4 Å². The number of aryl methyl sites for hydroxylation is 1. The molecule has 6 nitrogen and oxygen atoms in total. The molecule has 1 aromatic heterocycles. The van der Waals surface area contributed by atoms with Crippen LogP contribution in [0.3, 0.4) is 0 Å². The zero-order valence-corrected chi connectivity index (χ0v) is 23.1. The Hall–Kier alpha value is -4.06.